The molecule has 0 saturated carbocycles. The average Bonchev–Trinajstić information content (AvgIpc) is 2.91. The van der Waals surface area contributed by atoms with Crippen molar-refractivity contribution in [1.82, 2.24) is 24.9 Å². The number of likely N-dealkylation sites (N-methyl/N-ethyl adjacent to an activating group) is 1. The zero-order chi connectivity index (χ0) is 15.6. The normalized spacial score (nSPS) is 12.9. The maximum absolute atomic E-state index is 6.44. The molecule has 0 fully saturated rings. The molecule has 21 heavy (non-hydrogen) atoms. The second-order valence-corrected chi connectivity index (χ2v) is 5.70. The van der Waals surface area contributed by atoms with Crippen molar-refractivity contribution in [1.29, 1.82) is 0 Å². The number of nitrogens with zero attached hydrogens (tertiary/aromatic N) is 4. The van der Waals surface area contributed by atoms with Crippen molar-refractivity contribution in [2.45, 2.75) is 46.7 Å². The van der Waals surface area contributed by atoms with E-state index in [1.54, 1.807) is 0 Å². The van der Waals surface area contributed by atoms with Gasteiger partial charge in [-0.25, -0.2) is 0 Å². The van der Waals surface area contributed by atoms with E-state index in [-0.39, 0.29) is 6.04 Å². The van der Waals surface area contributed by atoms with Gasteiger partial charge in [-0.2, -0.15) is 10.2 Å². The van der Waals surface area contributed by atoms with E-state index in [4.69, 9.17) is 11.6 Å². The number of hydrogen-bond acceptors (Lipinski definition) is 3. The van der Waals surface area contributed by atoms with Gasteiger partial charge in [-0.3, -0.25) is 9.36 Å². The fraction of sp³-hybridized carbons (Fsp3) is 0.600. The highest BCUT2D eigenvalue weighted by Crippen LogP contribution is 2.27. The number of aryl methyl sites for hydroxylation is 4. The first-order valence-electron chi connectivity index (χ1n) is 7.43. The fourth-order valence-electron chi connectivity index (χ4n) is 2.76. The SMILES string of the molecule is CCNC(Cc1c(Cl)c(C)nn1CC)c1cn(C)nc1C. The van der Waals surface area contributed by atoms with E-state index in [9.17, 15) is 0 Å². The summed E-state index contributed by atoms with van der Waals surface area (Å²) in [6, 6.07) is 0.197. The lowest BCUT2D eigenvalue weighted by molar-refractivity contribution is 0.514. The first-order chi connectivity index (χ1) is 9.97. The van der Waals surface area contributed by atoms with Gasteiger partial charge < -0.3 is 5.32 Å². The van der Waals surface area contributed by atoms with Gasteiger partial charge in [-0.05, 0) is 27.3 Å². The smallest absolute Gasteiger partial charge is 0.0847 e. The zero-order valence-electron chi connectivity index (χ0n) is 13.4. The van der Waals surface area contributed by atoms with Crippen LogP contribution in [0.15, 0.2) is 6.20 Å². The van der Waals surface area contributed by atoms with E-state index in [1.807, 2.05) is 30.3 Å². The minimum Gasteiger partial charge on any atom is -0.310 e. The van der Waals surface area contributed by atoms with Crippen LogP contribution in [0.4, 0.5) is 0 Å². The van der Waals surface area contributed by atoms with Gasteiger partial charge in [-0.1, -0.05) is 18.5 Å². The van der Waals surface area contributed by atoms with E-state index < -0.39 is 0 Å². The first-order valence-corrected chi connectivity index (χ1v) is 7.81. The summed E-state index contributed by atoms with van der Waals surface area (Å²) in [6.07, 6.45) is 2.89. The summed E-state index contributed by atoms with van der Waals surface area (Å²) >= 11 is 6.44. The maximum atomic E-state index is 6.44. The third-order valence-electron chi connectivity index (χ3n) is 3.73. The summed E-state index contributed by atoms with van der Waals surface area (Å²) in [4.78, 5) is 0. The third kappa shape index (κ3) is 3.30. The minimum atomic E-state index is 0.197. The predicted molar refractivity (Wildman–Crippen MR) is 85.7 cm³/mol. The molecule has 5 nitrogen and oxygen atoms in total. The number of rotatable bonds is 6. The highest BCUT2D eigenvalue weighted by Gasteiger charge is 2.21. The zero-order valence-corrected chi connectivity index (χ0v) is 14.2. The molecule has 1 atom stereocenters. The molecule has 0 spiro atoms. The molecule has 2 aromatic rings. The van der Waals surface area contributed by atoms with Crippen molar-refractivity contribution in [3.05, 3.63) is 33.9 Å². The molecule has 2 heterocycles. The number of nitrogens with one attached hydrogen (secondary N) is 1. The van der Waals surface area contributed by atoms with Crippen LogP contribution in [0.5, 0.6) is 0 Å². The van der Waals surface area contributed by atoms with Crippen LogP contribution in [0.2, 0.25) is 5.02 Å². The van der Waals surface area contributed by atoms with Crippen molar-refractivity contribution < 1.29 is 0 Å². The van der Waals surface area contributed by atoms with Gasteiger partial charge in [0.25, 0.3) is 0 Å². The van der Waals surface area contributed by atoms with Gasteiger partial charge in [0.15, 0.2) is 0 Å². The predicted octanol–water partition coefficient (Wildman–Crippen LogP) is 2.80. The van der Waals surface area contributed by atoms with Crippen LogP contribution in [0, 0.1) is 13.8 Å². The van der Waals surface area contributed by atoms with E-state index in [0.717, 1.165) is 41.6 Å². The van der Waals surface area contributed by atoms with Crippen LogP contribution >= 0.6 is 11.6 Å². The first kappa shape index (κ1) is 16.0. The Hall–Kier alpha value is -1.33. The Kier molecular flexibility index (Phi) is 5.06. The molecule has 2 aromatic heterocycles. The summed E-state index contributed by atoms with van der Waals surface area (Å²) in [7, 11) is 1.95. The average molecular weight is 310 g/mol. The summed E-state index contributed by atoms with van der Waals surface area (Å²) < 4.78 is 3.85. The molecule has 1 unspecified atom stereocenters. The van der Waals surface area contributed by atoms with Gasteiger partial charge in [0.05, 0.1) is 22.1 Å². The van der Waals surface area contributed by atoms with E-state index in [0.29, 0.717) is 0 Å². The molecule has 1 N–H and O–H groups in total. The molecule has 0 amide bonds. The van der Waals surface area contributed by atoms with Crippen LogP contribution < -0.4 is 5.32 Å². The van der Waals surface area contributed by atoms with Crippen LogP contribution in [0.1, 0.15) is 42.5 Å². The second kappa shape index (κ2) is 6.62. The number of halogens is 1. The van der Waals surface area contributed by atoms with Crippen molar-refractivity contribution in [2.24, 2.45) is 7.05 Å². The van der Waals surface area contributed by atoms with Gasteiger partial charge in [0.2, 0.25) is 0 Å². The molecule has 0 aliphatic carbocycles. The molecule has 0 aliphatic rings. The van der Waals surface area contributed by atoms with Gasteiger partial charge in [0.1, 0.15) is 0 Å². The van der Waals surface area contributed by atoms with Crippen molar-refractivity contribution in [3.8, 4) is 0 Å². The maximum Gasteiger partial charge on any atom is 0.0847 e. The lowest BCUT2D eigenvalue weighted by atomic mass is 10.0. The van der Waals surface area contributed by atoms with Crippen molar-refractivity contribution in [3.63, 3.8) is 0 Å². The quantitative estimate of drug-likeness (QED) is 0.892. The van der Waals surface area contributed by atoms with Crippen LogP contribution in [0.25, 0.3) is 0 Å². The largest absolute Gasteiger partial charge is 0.310 e. The Morgan fingerprint density at radius 1 is 1.24 bits per heavy atom. The summed E-state index contributed by atoms with van der Waals surface area (Å²) in [6.45, 7) is 9.93. The van der Waals surface area contributed by atoms with Crippen molar-refractivity contribution in [2.75, 3.05) is 6.54 Å². The summed E-state index contributed by atoms with van der Waals surface area (Å²) in [5.74, 6) is 0. The number of hydrogen-bond donors (Lipinski definition) is 1. The van der Waals surface area contributed by atoms with Crippen LogP contribution in [-0.2, 0) is 20.0 Å². The van der Waals surface area contributed by atoms with Gasteiger partial charge in [0, 0.05) is 37.8 Å². The Bertz CT molecular complexity index is 614. The monoisotopic (exact) mass is 309 g/mol. The van der Waals surface area contributed by atoms with Crippen LogP contribution in [0.3, 0.4) is 0 Å². The number of aromatic nitrogens is 4. The second-order valence-electron chi connectivity index (χ2n) is 5.32. The molecule has 2 rings (SSSR count). The molecule has 6 heteroatoms. The molecule has 0 saturated heterocycles. The molecule has 0 radical (unpaired) electrons. The van der Waals surface area contributed by atoms with Gasteiger partial charge in [-0.15, -0.1) is 0 Å². The Morgan fingerprint density at radius 2 is 1.95 bits per heavy atom. The van der Waals surface area contributed by atoms with Crippen molar-refractivity contribution >= 4 is 11.6 Å². The minimum absolute atomic E-state index is 0.197. The fourth-order valence-corrected chi connectivity index (χ4v) is 2.97. The molecule has 116 valence electrons. The standard InChI is InChI=1S/C15H24ClN5/c1-6-17-13(12-9-20(5)18-10(12)3)8-14-15(16)11(4)19-21(14)7-2/h9,13,17H,6-8H2,1-5H3. The summed E-state index contributed by atoms with van der Waals surface area (Å²) in [5.41, 5.74) is 4.26. The Morgan fingerprint density at radius 3 is 2.48 bits per heavy atom. The highest BCUT2D eigenvalue weighted by molar-refractivity contribution is 6.31. The molecule has 0 aliphatic heterocycles. The molecular formula is C15H24ClN5. The Balaban J connectivity index is 2.35. The molecule has 0 aromatic carbocycles. The van der Waals surface area contributed by atoms with Crippen LogP contribution in [-0.4, -0.2) is 26.1 Å². The third-order valence-corrected chi connectivity index (χ3v) is 4.22. The van der Waals surface area contributed by atoms with E-state index in [2.05, 4.69) is 35.6 Å². The lowest BCUT2D eigenvalue weighted by Crippen LogP contribution is -2.24. The van der Waals surface area contributed by atoms with E-state index in [1.165, 1.54) is 5.56 Å². The lowest BCUT2D eigenvalue weighted by Gasteiger charge is -2.18. The molecular weight excluding hydrogens is 286 g/mol. The Labute approximate surface area is 131 Å². The highest BCUT2D eigenvalue weighted by atomic mass is 35.5. The topological polar surface area (TPSA) is 47.7 Å². The van der Waals surface area contributed by atoms with Gasteiger partial charge >= 0.3 is 0 Å². The summed E-state index contributed by atoms with van der Waals surface area (Å²) in [5, 5.41) is 13.3. The van der Waals surface area contributed by atoms with E-state index >= 15 is 0 Å². The molecule has 0 bridgehead atoms.